The molecule has 2 aromatic rings. The van der Waals surface area contributed by atoms with Crippen LogP contribution in [0.2, 0.25) is 0 Å². The second-order valence-corrected chi connectivity index (χ2v) is 5.90. The molecule has 1 atom stereocenters. The average molecular weight is 257 g/mol. The van der Waals surface area contributed by atoms with E-state index in [1.165, 1.54) is 11.1 Å². The molecule has 3 heteroatoms. The Bertz CT molecular complexity index is 541. The van der Waals surface area contributed by atoms with E-state index in [-0.39, 0.29) is 0 Å². The van der Waals surface area contributed by atoms with E-state index in [0.717, 1.165) is 23.4 Å². The molecule has 0 aromatic heterocycles. The summed E-state index contributed by atoms with van der Waals surface area (Å²) >= 11 is -0.867. The number of rotatable bonds is 3. The fourth-order valence-corrected chi connectivity index (χ4v) is 3.32. The second kappa shape index (κ2) is 5.04. The Morgan fingerprint density at radius 3 is 2.61 bits per heavy atom. The lowest BCUT2D eigenvalue weighted by molar-refractivity contribution is 0.599. The third-order valence-corrected chi connectivity index (χ3v) is 4.47. The van der Waals surface area contributed by atoms with Gasteiger partial charge in [-0.1, -0.05) is 36.4 Å². The molecule has 1 heterocycles. The summed E-state index contributed by atoms with van der Waals surface area (Å²) in [6, 6.07) is 16.7. The van der Waals surface area contributed by atoms with Gasteiger partial charge in [0.2, 0.25) is 0 Å². The van der Waals surface area contributed by atoms with Gasteiger partial charge >= 0.3 is 0 Å². The van der Waals surface area contributed by atoms with Gasteiger partial charge in [0.05, 0.1) is 5.69 Å². The van der Waals surface area contributed by atoms with Crippen molar-refractivity contribution in [3.63, 3.8) is 0 Å². The Hall–Kier alpha value is -1.45. The van der Waals surface area contributed by atoms with Crippen LogP contribution in [0.4, 0.5) is 5.69 Å². The van der Waals surface area contributed by atoms with E-state index in [2.05, 4.69) is 41.7 Å². The third kappa shape index (κ3) is 2.37. The predicted molar refractivity (Wildman–Crippen MR) is 75.2 cm³/mol. The maximum atomic E-state index is 11.7. The maximum absolute atomic E-state index is 11.7. The Morgan fingerprint density at radius 2 is 1.78 bits per heavy atom. The largest absolute Gasteiger partial charge is 0.610 e. The highest BCUT2D eigenvalue weighted by atomic mass is 32.2. The number of hydrogen-bond acceptors (Lipinski definition) is 2. The fourth-order valence-electron chi connectivity index (χ4n) is 2.21. The van der Waals surface area contributed by atoms with E-state index in [1.807, 2.05) is 12.1 Å². The second-order valence-electron chi connectivity index (χ2n) is 4.48. The summed E-state index contributed by atoms with van der Waals surface area (Å²) < 4.78 is 11.7. The first-order valence-electron chi connectivity index (χ1n) is 6.12. The zero-order valence-electron chi connectivity index (χ0n) is 10.1. The zero-order valence-corrected chi connectivity index (χ0v) is 10.9. The van der Waals surface area contributed by atoms with E-state index in [1.54, 1.807) is 0 Å². The SMILES string of the molecule is [O-][S+]1CNc2ccc(CCc3ccccc3)cc21. The van der Waals surface area contributed by atoms with Crippen LogP contribution in [-0.4, -0.2) is 10.4 Å². The quantitative estimate of drug-likeness (QED) is 0.858. The normalized spacial score (nSPS) is 17.3. The molecule has 92 valence electrons. The minimum Gasteiger partial charge on any atom is -0.610 e. The molecule has 3 rings (SSSR count). The summed E-state index contributed by atoms with van der Waals surface area (Å²) in [5.74, 6) is 0.553. The Morgan fingerprint density at radius 1 is 1.00 bits per heavy atom. The molecule has 2 nitrogen and oxygen atoms in total. The third-order valence-electron chi connectivity index (χ3n) is 3.23. The van der Waals surface area contributed by atoms with Gasteiger partial charge in [-0.15, -0.1) is 0 Å². The van der Waals surface area contributed by atoms with E-state index >= 15 is 0 Å². The molecule has 18 heavy (non-hydrogen) atoms. The summed E-state index contributed by atoms with van der Waals surface area (Å²) in [5.41, 5.74) is 3.63. The monoisotopic (exact) mass is 257 g/mol. The average Bonchev–Trinajstić information content (AvgIpc) is 2.79. The molecule has 1 aliphatic rings. The number of benzene rings is 2. The smallest absolute Gasteiger partial charge is 0.181 e. The van der Waals surface area contributed by atoms with Crippen LogP contribution in [0.15, 0.2) is 53.4 Å². The Kier molecular flexibility index (Phi) is 3.26. The highest BCUT2D eigenvalue weighted by Gasteiger charge is 2.23. The molecule has 2 aromatic carbocycles. The molecule has 0 spiro atoms. The maximum Gasteiger partial charge on any atom is 0.181 e. The van der Waals surface area contributed by atoms with Crippen LogP contribution >= 0.6 is 0 Å². The van der Waals surface area contributed by atoms with E-state index < -0.39 is 11.2 Å². The number of anilines is 1. The summed E-state index contributed by atoms with van der Waals surface area (Å²) in [4.78, 5) is 0.959. The van der Waals surface area contributed by atoms with Gasteiger partial charge in [0.25, 0.3) is 0 Å². The summed E-state index contributed by atoms with van der Waals surface area (Å²) in [6.45, 7) is 0. The first-order chi connectivity index (χ1) is 8.83. The molecule has 0 aliphatic carbocycles. The van der Waals surface area contributed by atoms with E-state index in [9.17, 15) is 4.55 Å². The van der Waals surface area contributed by atoms with Crippen molar-refractivity contribution in [2.45, 2.75) is 17.7 Å². The first-order valence-corrected chi connectivity index (χ1v) is 7.44. The van der Waals surface area contributed by atoms with Crippen LogP contribution in [0.5, 0.6) is 0 Å². The molecule has 1 aliphatic heterocycles. The summed E-state index contributed by atoms with van der Waals surface area (Å²) in [6.07, 6.45) is 2.02. The van der Waals surface area contributed by atoms with Crippen LogP contribution in [-0.2, 0) is 24.0 Å². The Labute approximate surface area is 110 Å². The number of hydrogen-bond donors (Lipinski definition) is 1. The topological polar surface area (TPSA) is 35.1 Å². The molecule has 1 unspecified atom stereocenters. The van der Waals surface area contributed by atoms with Crippen LogP contribution in [0.1, 0.15) is 11.1 Å². The van der Waals surface area contributed by atoms with Crippen LogP contribution in [0.3, 0.4) is 0 Å². The molecule has 0 saturated carbocycles. The van der Waals surface area contributed by atoms with Crippen LogP contribution in [0, 0.1) is 0 Å². The van der Waals surface area contributed by atoms with Crippen molar-refractivity contribution in [1.82, 2.24) is 0 Å². The van der Waals surface area contributed by atoms with Crippen molar-refractivity contribution < 1.29 is 4.55 Å². The predicted octanol–water partition coefficient (Wildman–Crippen LogP) is 2.96. The van der Waals surface area contributed by atoms with Gasteiger partial charge in [0.1, 0.15) is 0 Å². The minimum atomic E-state index is -0.867. The molecule has 0 fully saturated rings. The molecule has 0 bridgehead atoms. The number of nitrogens with one attached hydrogen (secondary N) is 1. The number of aryl methyl sites for hydroxylation is 2. The van der Waals surface area contributed by atoms with E-state index in [4.69, 9.17) is 0 Å². The fraction of sp³-hybridized carbons (Fsp3) is 0.200. The molecular weight excluding hydrogens is 242 g/mol. The first kappa shape index (κ1) is 11.6. The van der Waals surface area contributed by atoms with Crippen LogP contribution in [0.25, 0.3) is 0 Å². The summed E-state index contributed by atoms with van der Waals surface area (Å²) in [5, 5.41) is 3.15. The van der Waals surface area contributed by atoms with E-state index in [0.29, 0.717) is 5.88 Å². The highest BCUT2D eigenvalue weighted by molar-refractivity contribution is 7.92. The van der Waals surface area contributed by atoms with Crippen molar-refractivity contribution in [3.05, 3.63) is 59.7 Å². The van der Waals surface area contributed by atoms with Gasteiger partial charge in [-0.3, -0.25) is 0 Å². The molecular formula is C15H15NOS. The zero-order chi connectivity index (χ0) is 12.4. The van der Waals surface area contributed by atoms with Crippen LogP contribution < -0.4 is 5.32 Å². The molecule has 1 N–H and O–H groups in total. The van der Waals surface area contributed by atoms with Gasteiger partial charge in [0, 0.05) is 11.2 Å². The van der Waals surface area contributed by atoms with Crippen molar-refractivity contribution in [3.8, 4) is 0 Å². The van der Waals surface area contributed by atoms with Crippen molar-refractivity contribution in [1.29, 1.82) is 0 Å². The summed E-state index contributed by atoms with van der Waals surface area (Å²) in [7, 11) is 0. The lowest BCUT2D eigenvalue weighted by atomic mass is 10.0. The van der Waals surface area contributed by atoms with Crippen molar-refractivity contribution >= 4 is 16.9 Å². The van der Waals surface area contributed by atoms with Gasteiger partial charge in [-0.2, -0.15) is 0 Å². The van der Waals surface area contributed by atoms with Crippen molar-refractivity contribution in [2.75, 3.05) is 11.2 Å². The lowest BCUT2D eigenvalue weighted by Crippen LogP contribution is -2.03. The minimum absolute atomic E-state index is 0.553. The van der Waals surface area contributed by atoms with Gasteiger partial charge in [-0.05, 0) is 36.1 Å². The lowest BCUT2D eigenvalue weighted by Gasteiger charge is -2.05. The molecule has 0 amide bonds. The number of fused-ring (bicyclic) bond motifs is 1. The van der Waals surface area contributed by atoms with Gasteiger partial charge in [-0.25, -0.2) is 0 Å². The van der Waals surface area contributed by atoms with Gasteiger partial charge in [0.15, 0.2) is 10.8 Å². The molecule has 0 radical (unpaired) electrons. The van der Waals surface area contributed by atoms with Gasteiger partial charge < -0.3 is 9.87 Å². The van der Waals surface area contributed by atoms with Crippen molar-refractivity contribution in [2.24, 2.45) is 0 Å². The standard InChI is InChI=1S/C15H15NOS/c17-18-11-16-14-9-8-13(10-15(14)18)7-6-12-4-2-1-3-5-12/h1-5,8-10,16H,6-7,11H2. The Balaban J connectivity index is 1.72. The highest BCUT2D eigenvalue weighted by Crippen LogP contribution is 2.29. The molecule has 0 saturated heterocycles.